The monoisotopic (exact) mass is 477 g/mol. The summed E-state index contributed by atoms with van der Waals surface area (Å²) in [5.41, 5.74) is 1.75. The number of rotatable bonds is 7. The predicted molar refractivity (Wildman–Crippen MR) is 130 cm³/mol. The summed E-state index contributed by atoms with van der Waals surface area (Å²) in [5.74, 6) is 0.731. The largest absolute Gasteiger partial charge is 0.479 e. The predicted octanol–water partition coefficient (Wildman–Crippen LogP) is 5.09. The van der Waals surface area contributed by atoms with Crippen LogP contribution in [0.3, 0.4) is 0 Å². The van der Waals surface area contributed by atoms with E-state index in [2.05, 4.69) is 24.1 Å². The molecule has 0 radical (unpaired) electrons. The molecule has 0 spiro atoms. The molecule has 3 rings (SSSR count). The highest BCUT2D eigenvalue weighted by atomic mass is 35.5. The second-order valence-electron chi connectivity index (χ2n) is 8.34. The molecule has 0 aromatic heterocycles. The Morgan fingerprint density at radius 1 is 1.00 bits per heavy atom. The average molecular weight is 478 g/mol. The molecule has 6 nitrogen and oxygen atoms in total. The number of amides is 2. The zero-order valence-electron chi connectivity index (χ0n) is 18.6. The molecule has 1 aliphatic rings. The van der Waals surface area contributed by atoms with Crippen LogP contribution in [0.5, 0.6) is 5.75 Å². The molecule has 2 amide bonds. The average Bonchev–Trinajstić information content (AvgIpc) is 2.76. The third-order valence-electron chi connectivity index (χ3n) is 5.28. The van der Waals surface area contributed by atoms with Crippen molar-refractivity contribution in [2.45, 2.75) is 33.3 Å². The molecule has 0 unspecified atom stereocenters. The lowest BCUT2D eigenvalue weighted by Gasteiger charge is -2.36. The molecule has 0 aliphatic carbocycles. The summed E-state index contributed by atoms with van der Waals surface area (Å²) in [5, 5.41) is 3.72. The van der Waals surface area contributed by atoms with Gasteiger partial charge in [0.1, 0.15) is 5.75 Å². The minimum absolute atomic E-state index is 0.230. The van der Waals surface area contributed by atoms with Crippen molar-refractivity contribution in [2.75, 3.05) is 36.4 Å². The first-order valence-electron chi connectivity index (χ1n) is 10.8. The number of hydrogen-bond acceptors (Lipinski definition) is 4. The fourth-order valence-electron chi connectivity index (χ4n) is 3.51. The standard InChI is InChI=1S/C24H29Cl2N3O3/c1-16(2)14-23(30)29-12-10-28(11-13-29)20-7-5-19(6-8-20)27-24(31)17(3)32-22-9-4-18(25)15-21(22)26/h4-9,15-17H,10-14H2,1-3H3,(H,27,31)/t17-/m1/s1. The number of piperazine rings is 1. The number of benzene rings is 2. The van der Waals surface area contributed by atoms with Gasteiger partial charge >= 0.3 is 0 Å². The van der Waals surface area contributed by atoms with Crippen LogP contribution in [0.25, 0.3) is 0 Å². The summed E-state index contributed by atoms with van der Waals surface area (Å²) in [6.45, 7) is 8.83. The Hall–Kier alpha value is -2.44. The first-order valence-corrected chi connectivity index (χ1v) is 11.5. The van der Waals surface area contributed by atoms with E-state index in [1.54, 1.807) is 25.1 Å². The molecular formula is C24H29Cl2N3O3. The highest BCUT2D eigenvalue weighted by molar-refractivity contribution is 6.35. The zero-order chi connectivity index (χ0) is 23.3. The van der Waals surface area contributed by atoms with Crippen LogP contribution in [0.15, 0.2) is 42.5 Å². The van der Waals surface area contributed by atoms with Crippen molar-refractivity contribution in [3.05, 3.63) is 52.5 Å². The Labute approximate surface area is 199 Å². The van der Waals surface area contributed by atoms with E-state index in [4.69, 9.17) is 27.9 Å². The van der Waals surface area contributed by atoms with Crippen molar-refractivity contribution in [3.63, 3.8) is 0 Å². The van der Waals surface area contributed by atoms with Crippen molar-refractivity contribution in [2.24, 2.45) is 5.92 Å². The molecule has 2 aromatic carbocycles. The first-order chi connectivity index (χ1) is 15.2. The molecule has 1 atom stereocenters. The highest BCUT2D eigenvalue weighted by Gasteiger charge is 2.22. The fraction of sp³-hybridized carbons (Fsp3) is 0.417. The molecule has 1 N–H and O–H groups in total. The van der Waals surface area contributed by atoms with Gasteiger partial charge in [-0.15, -0.1) is 0 Å². The van der Waals surface area contributed by atoms with Gasteiger partial charge in [-0.1, -0.05) is 37.0 Å². The molecule has 0 bridgehead atoms. The molecule has 172 valence electrons. The van der Waals surface area contributed by atoms with E-state index in [1.807, 2.05) is 29.2 Å². The van der Waals surface area contributed by atoms with Gasteiger partial charge in [0.25, 0.3) is 5.91 Å². The molecule has 32 heavy (non-hydrogen) atoms. The van der Waals surface area contributed by atoms with Crippen LogP contribution in [-0.4, -0.2) is 49.0 Å². The molecule has 0 saturated carbocycles. The van der Waals surface area contributed by atoms with Gasteiger partial charge in [0.05, 0.1) is 5.02 Å². The minimum Gasteiger partial charge on any atom is -0.479 e. The molecule has 8 heteroatoms. The number of hydrogen-bond donors (Lipinski definition) is 1. The smallest absolute Gasteiger partial charge is 0.265 e. The number of halogens is 2. The first kappa shape index (κ1) is 24.2. The molecule has 1 aliphatic heterocycles. The molecule has 1 saturated heterocycles. The summed E-state index contributed by atoms with van der Waals surface area (Å²) in [7, 11) is 0. The highest BCUT2D eigenvalue weighted by Crippen LogP contribution is 2.28. The van der Waals surface area contributed by atoms with Crippen molar-refractivity contribution < 1.29 is 14.3 Å². The third-order valence-corrected chi connectivity index (χ3v) is 5.81. The number of carbonyl (C=O) groups is 2. The van der Waals surface area contributed by atoms with Crippen LogP contribution in [0.4, 0.5) is 11.4 Å². The van der Waals surface area contributed by atoms with Gasteiger partial charge in [0.15, 0.2) is 6.10 Å². The number of ether oxygens (including phenoxy) is 1. The summed E-state index contributed by atoms with van der Waals surface area (Å²) in [6, 6.07) is 12.6. The van der Waals surface area contributed by atoms with Crippen LogP contribution < -0.4 is 15.0 Å². The topological polar surface area (TPSA) is 61.9 Å². The van der Waals surface area contributed by atoms with E-state index < -0.39 is 6.10 Å². The molecule has 1 fully saturated rings. The van der Waals surface area contributed by atoms with Gasteiger partial charge in [0, 0.05) is 49.0 Å². The minimum atomic E-state index is -0.732. The van der Waals surface area contributed by atoms with Crippen LogP contribution in [0.1, 0.15) is 27.2 Å². The number of nitrogens with zero attached hydrogens (tertiary/aromatic N) is 2. The second-order valence-corrected chi connectivity index (χ2v) is 9.18. The SMILES string of the molecule is CC(C)CC(=O)N1CCN(c2ccc(NC(=O)[C@@H](C)Oc3ccc(Cl)cc3Cl)cc2)CC1. The second kappa shape index (κ2) is 10.9. The van der Waals surface area contributed by atoms with Crippen molar-refractivity contribution in [3.8, 4) is 5.75 Å². The Morgan fingerprint density at radius 2 is 1.66 bits per heavy atom. The van der Waals surface area contributed by atoms with Gasteiger partial charge in [-0.3, -0.25) is 9.59 Å². The van der Waals surface area contributed by atoms with Gasteiger partial charge in [0.2, 0.25) is 5.91 Å². The number of carbonyl (C=O) groups excluding carboxylic acids is 2. The molecule has 2 aromatic rings. The summed E-state index contributed by atoms with van der Waals surface area (Å²) >= 11 is 12.0. The Balaban J connectivity index is 1.51. The summed E-state index contributed by atoms with van der Waals surface area (Å²) in [6.07, 6.45) is -0.134. The maximum absolute atomic E-state index is 12.5. The fourth-order valence-corrected chi connectivity index (χ4v) is 3.96. The van der Waals surface area contributed by atoms with E-state index in [9.17, 15) is 9.59 Å². The molecular weight excluding hydrogens is 449 g/mol. The number of anilines is 2. The lowest BCUT2D eigenvalue weighted by atomic mass is 10.1. The zero-order valence-corrected chi connectivity index (χ0v) is 20.1. The van der Waals surface area contributed by atoms with E-state index in [-0.39, 0.29) is 11.8 Å². The van der Waals surface area contributed by atoms with Crippen LogP contribution in [0.2, 0.25) is 10.0 Å². The van der Waals surface area contributed by atoms with E-state index >= 15 is 0 Å². The normalized spacial score (nSPS) is 14.9. The van der Waals surface area contributed by atoms with Crippen molar-refractivity contribution >= 4 is 46.4 Å². The summed E-state index contributed by atoms with van der Waals surface area (Å²) < 4.78 is 5.66. The lowest BCUT2D eigenvalue weighted by Crippen LogP contribution is -2.49. The van der Waals surface area contributed by atoms with Crippen LogP contribution in [-0.2, 0) is 9.59 Å². The maximum atomic E-state index is 12.5. The maximum Gasteiger partial charge on any atom is 0.265 e. The third kappa shape index (κ3) is 6.53. The van der Waals surface area contributed by atoms with Gasteiger partial charge in [-0.25, -0.2) is 0 Å². The van der Waals surface area contributed by atoms with Crippen molar-refractivity contribution in [1.82, 2.24) is 4.90 Å². The summed E-state index contributed by atoms with van der Waals surface area (Å²) in [4.78, 5) is 28.9. The van der Waals surface area contributed by atoms with Gasteiger partial charge in [-0.2, -0.15) is 0 Å². The van der Waals surface area contributed by atoms with E-state index in [0.29, 0.717) is 33.8 Å². The van der Waals surface area contributed by atoms with Gasteiger partial charge in [-0.05, 0) is 55.3 Å². The van der Waals surface area contributed by atoms with Crippen LogP contribution >= 0.6 is 23.2 Å². The Morgan fingerprint density at radius 3 is 2.25 bits per heavy atom. The van der Waals surface area contributed by atoms with Gasteiger partial charge < -0.3 is 19.9 Å². The van der Waals surface area contributed by atoms with Crippen molar-refractivity contribution in [1.29, 1.82) is 0 Å². The van der Waals surface area contributed by atoms with E-state index in [0.717, 1.165) is 31.9 Å². The van der Waals surface area contributed by atoms with E-state index in [1.165, 1.54) is 0 Å². The number of nitrogens with one attached hydrogen (secondary N) is 1. The lowest BCUT2D eigenvalue weighted by molar-refractivity contribution is -0.132. The van der Waals surface area contributed by atoms with Crippen LogP contribution in [0, 0.1) is 5.92 Å². The molecule has 1 heterocycles. The Bertz CT molecular complexity index is 942. The quantitative estimate of drug-likeness (QED) is 0.602. The Kier molecular flexibility index (Phi) is 8.26.